The van der Waals surface area contributed by atoms with Crippen molar-refractivity contribution in [1.82, 2.24) is 9.88 Å². The van der Waals surface area contributed by atoms with Gasteiger partial charge in [0.05, 0.1) is 16.8 Å². The highest BCUT2D eigenvalue weighted by Crippen LogP contribution is 2.38. The fraction of sp³-hybridized carbons (Fsp3) is 0.263. The van der Waals surface area contributed by atoms with Crippen LogP contribution in [0.15, 0.2) is 36.4 Å². The predicted molar refractivity (Wildman–Crippen MR) is 106 cm³/mol. The summed E-state index contributed by atoms with van der Waals surface area (Å²) in [5.74, 6) is 0.270. The minimum atomic E-state index is -0.346. The summed E-state index contributed by atoms with van der Waals surface area (Å²) in [6.45, 7) is 2.51. The number of carbonyl (C=O) groups is 1. The molecule has 3 aromatic rings. The van der Waals surface area contributed by atoms with Crippen molar-refractivity contribution in [1.29, 1.82) is 0 Å². The van der Waals surface area contributed by atoms with E-state index in [1.807, 2.05) is 12.1 Å². The zero-order valence-electron chi connectivity index (χ0n) is 14.6. The Labute approximate surface area is 164 Å². The summed E-state index contributed by atoms with van der Waals surface area (Å²) < 4.78 is 19.3. The first-order chi connectivity index (χ1) is 13.1. The molecule has 0 radical (unpaired) electrons. The van der Waals surface area contributed by atoms with Crippen LogP contribution in [-0.4, -0.2) is 49.1 Å². The normalized spacial score (nSPS) is 14.6. The van der Waals surface area contributed by atoms with Gasteiger partial charge in [0, 0.05) is 31.7 Å². The molecule has 1 aromatic heterocycles. The van der Waals surface area contributed by atoms with E-state index in [2.05, 4.69) is 4.90 Å². The maximum Gasteiger partial charge on any atom is 0.253 e. The molecule has 5 nitrogen and oxygen atoms in total. The van der Waals surface area contributed by atoms with Crippen molar-refractivity contribution in [3.05, 3.63) is 52.8 Å². The Morgan fingerprint density at radius 1 is 1.15 bits per heavy atom. The van der Waals surface area contributed by atoms with Gasteiger partial charge in [-0.25, -0.2) is 9.37 Å². The van der Waals surface area contributed by atoms with Gasteiger partial charge in [0.25, 0.3) is 5.91 Å². The van der Waals surface area contributed by atoms with E-state index >= 15 is 0 Å². The number of fused-ring (bicyclic) bond motifs is 1. The smallest absolute Gasteiger partial charge is 0.253 e. The van der Waals surface area contributed by atoms with Gasteiger partial charge in [-0.3, -0.25) is 4.79 Å². The Hall–Kier alpha value is -2.38. The van der Waals surface area contributed by atoms with Crippen LogP contribution in [0.1, 0.15) is 10.4 Å². The molecule has 0 spiro atoms. The highest BCUT2D eigenvalue weighted by molar-refractivity contribution is 7.22. The van der Waals surface area contributed by atoms with Gasteiger partial charge >= 0.3 is 0 Å². The van der Waals surface area contributed by atoms with Crippen molar-refractivity contribution >= 4 is 44.2 Å². The number of hydrogen-bond donors (Lipinski definition) is 0. The first-order valence-corrected chi connectivity index (χ1v) is 9.69. The highest BCUT2D eigenvalue weighted by atomic mass is 35.5. The quantitative estimate of drug-likeness (QED) is 0.659. The largest absolute Gasteiger partial charge is 0.494 e. The van der Waals surface area contributed by atoms with Crippen molar-refractivity contribution in [2.24, 2.45) is 0 Å². The Kier molecular flexibility index (Phi) is 4.88. The van der Waals surface area contributed by atoms with Crippen molar-refractivity contribution < 1.29 is 13.9 Å². The van der Waals surface area contributed by atoms with Gasteiger partial charge in [-0.2, -0.15) is 0 Å². The lowest BCUT2D eigenvalue weighted by atomic mass is 10.2. The molecule has 27 heavy (non-hydrogen) atoms. The molecule has 0 aliphatic carbocycles. The van der Waals surface area contributed by atoms with Crippen LogP contribution >= 0.6 is 22.9 Å². The topological polar surface area (TPSA) is 45.7 Å². The number of ether oxygens (including phenoxy) is 1. The number of thiazole rings is 1. The molecule has 0 atom stereocenters. The van der Waals surface area contributed by atoms with Gasteiger partial charge in [0.2, 0.25) is 0 Å². The molecular weight excluding hydrogens is 389 g/mol. The molecule has 1 fully saturated rings. The second kappa shape index (κ2) is 7.32. The SMILES string of the molecule is COc1ccc(Cl)c2sc(N3CCN(C(=O)c4ccc(F)cc4)CC3)nc12. The van der Waals surface area contributed by atoms with Crippen LogP contribution in [0, 0.1) is 5.82 Å². The fourth-order valence-corrected chi connectivity index (χ4v) is 4.42. The van der Waals surface area contributed by atoms with Crippen molar-refractivity contribution in [3.63, 3.8) is 0 Å². The van der Waals surface area contributed by atoms with Gasteiger partial charge in [-0.1, -0.05) is 22.9 Å². The summed E-state index contributed by atoms with van der Waals surface area (Å²) in [7, 11) is 1.61. The first-order valence-electron chi connectivity index (χ1n) is 8.49. The standard InChI is InChI=1S/C19H17ClFN3O2S/c1-26-15-7-6-14(20)17-16(15)22-19(27-17)24-10-8-23(9-11-24)18(25)12-2-4-13(21)5-3-12/h2-7H,8-11H2,1H3. The third-order valence-electron chi connectivity index (χ3n) is 4.60. The molecule has 4 rings (SSSR count). The summed E-state index contributed by atoms with van der Waals surface area (Å²) in [5.41, 5.74) is 1.26. The number of rotatable bonds is 3. The van der Waals surface area contributed by atoms with E-state index in [1.54, 1.807) is 12.0 Å². The molecule has 0 saturated carbocycles. The highest BCUT2D eigenvalue weighted by Gasteiger charge is 2.24. The summed E-state index contributed by atoms with van der Waals surface area (Å²) in [5, 5.41) is 1.52. The monoisotopic (exact) mass is 405 g/mol. The van der Waals surface area contributed by atoms with Crippen molar-refractivity contribution in [3.8, 4) is 5.75 Å². The molecular formula is C19H17ClFN3O2S. The van der Waals surface area contributed by atoms with Gasteiger partial charge in [0.1, 0.15) is 17.1 Å². The molecule has 1 amide bonds. The Morgan fingerprint density at radius 3 is 2.52 bits per heavy atom. The summed E-state index contributed by atoms with van der Waals surface area (Å²) in [4.78, 5) is 21.2. The van der Waals surface area contributed by atoms with E-state index in [-0.39, 0.29) is 11.7 Å². The first kappa shape index (κ1) is 18.0. The van der Waals surface area contributed by atoms with Crippen LogP contribution in [0.4, 0.5) is 9.52 Å². The maximum atomic E-state index is 13.0. The minimum Gasteiger partial charge on any atom is -0.494 e. The van der Waals surface area contributed by atoms with Crippen LogP contribution in [0.3, 0.4) is 0 Å². The van der Waals surface area contributed by atoms with Crippen LogP contribution in [0.5, 0.6) is 5.75 Å². The number of benzene rings is 2. The number of carbonyl (C=O) groups excluding carboxylic acids is 1. The lowest BCUT2D eigenvalue weighted by Gasteiger charge is -2.34. The molecule has 1 saturated heterocycles. The van der Waals surface area contributed by atoms with E-state index in [1.165, 1.54) is 35.6 Å². The maximum absolute atomic E-state index is 13.0. The van der Waals surface area contributed by atoms with Crippen LogP contribution in [-0.2, 0) is 0 Å². The van der Waals surface area contributed by atoms with E-state index in [4.69, 9.17) is 21.3 Å². The molecule has 0 unspecified atom stereocenters. The zero-order chi connectivity index (χ0) is 19.0. The second-order valence-corrected chi connectivity index (χ2v) is 7.59. The van der Waals surface area contributed by atoms with Crippen molar-refractivity contribution in [2.45, 2.75) is 0 Å². The zero-order valence-corrected chi connectivity index (χ0v) is 16.2. The molecule has 1 aliphatic heterocycles. The van der Waals surface area contributed by atoms with E-state index in [0.717, 1.165) is 15.3 Å². The molecule has 0 N–H and O–H groups in total. The Morgan fingerprint density at radius 2 is 1.85 bits per heavy atom. The van der Waals surface area contributed by atoms with E-state index < -0.39 is 0 Å². The average Bonchev–Trinajstić information content (AvgIpc) is 3.15. The summed E-state index contributed by atoms with van der Waals surface area (Å²) in [6.07, 6.45) is 0. The fourth-order valence-electron chi connectivity index (χ4n) is 3.12. The van der Waals surface area contributed by atoms with Crippen LogP contribution < -0.4 is 9.64 Å². The third-order valence-corrected chi connectivity index (χ3v) is 6.17. The number of methoxy groups -OCH3 is 1. The molecule has 0 bridgehead atoms. The lowest BCUT2D eigenvalue weighted by Crippen LogP contribution is -2.48. The summed E-state index contributed by atoms with van der Waals surface area (Å²) >= 11 is 7.82. The Balaban J connectivity index is 1.49. The van der Waals surface area contributed by atoms with Gasteiger partial charge in [-0.15, -0.1) is 0 Å². The minimum absolute atomic E-state index is 0.0799. The lowest BCUT2D eigenvalue weighted by molar-refractivity contribution is 0.0746. The summed E-state index contributed by atoms with van der Waals surface area (Å²) in [6, 6.07) is 9.28. The van der Waals surface area contributed by atoms with Gasteiger partial charge in [0.15, 0.2) is 5.13 Å². The van der Waals surface area contributed by atoms with Gasteiger partial charge in [-0.05, 0) is 36.4 Å². The molecule has 1 aliphatic rings. The number of aromatic nitrogens is 1. The molecule has 8 heteroatoms. The second-order valence-electron chi connectivity index (χ2n) is 6.21. The molecule has 2 heterocycles. The number of anilines is 1. The predicted octanol–water partition coefficient (Wildman–Crippen LogP) is 4.06. The number of halogens is 2. The molecule has 140 valence electrons. The Bertz CT molecular complexity index is 985. The van der Waals surface area contributed by atoms with Crippen molar-refractivity contribution in [2.75, 3.05) is 38.2 Å². The van der Waals surface area contributed by atoms with E-state index in [0.29, 0.717) is 42.5 Å². The number of piperazine rings is 1. The third kappa shape index (κ3) is 3.44. The number of hydrogen-bond acceptors (Lipinski definition) is 5. The van der Waals surface area contributed by atoms with Gasteiger partial charge < -0.3 is 14.5 Å². The number of nitrogens with zero attached hydrogens (tertiary/aromatic N) is 3. The van der Waals surface area contributed by atoms with Crippen LogP contribution in [0.2, 0.25) is 5.02 Å². The van der Waals surface area contributed by atoms with E-state index in [9.17, 15) is 9.18 Å². The molecule has 2 aromatic carbocycles. The average molecular weight is 406 g/mol. The van der Waals surface area contributed by atoms with Crippen LogP contribution in [0.25, 0.3) is 10.2 Å². The number of amides is 1.